The molecule has 0 saturated carbocycles. The molecule has 2 rings (SSSR count). The zero-order valence-electron chi connectivity index (χ0n) is 7.52. The van der Waals surface area contributed by atoms with Gasteiger partial charge < -0.3 is 9.80 Å². The van der Waals surface area contributed by atoms with Crippen LogP contribution >= 0.6 is 45.7 Å². The fourth-order valence-electron chi connectivity index (χ4n) is 1.74. The Morgan fingerprint density at radius 3 is 1.57 bits per heavy atom. The van der Waals surface area contributed by atoms with Crippen LogP contribution in [0.15, 0.2) is 0 Å². The third-order valence-electron chi connectivity index (χ3n) is 2.49. The molecule has 0 aromatic carbocycles. The van der Waals surface area contributed by atoms with Gasteiger partial charge in [0.25, 0.3) is 0 Å². The third-order valence-corrected chi connectivity index (χ3v) is 4.46. The highest BCUT2D eigenvalue weighted by Gasteiger charge is 2.56. The molecule has 0 aromatic rings. The molecule has 2 aliphatic heterocycles. The number of amides is 4. The smallest absolute Gasteiger partial charge is 0.302 e. The molecule has 0 atom stereocenters. The fourth-order valence-corrected chi connectivity index (χ4v) is 3.97. The lowest BCUT2D eigenvalue weighted by Gasteiger charge is -2.21. The van der Waals surface area contributed by atoms with Crippen LogP contribution in [0, 0.1) is 0 Å². The Balaban J connectivity index is 2.39. The van der Waals surface area contributed by atoms with Crippen molar-refractivity contribution < 1.29 is 9.59 Å². The second kappa shape index (κ2) is 3.25. The molecule has 0 spiro atoms. The van der Waals surface area contributed by atoms with Crippen molar-refractivity contribution in [1.29, 1.82) is 0 Å². The summed E-state index contributed by atoms with van der Waals surface area (Å²) in [5.74, 6) is 0. The normalized spacial score (nSPS) is 32.0. The predicted octanol–water partition coefficient (Wildman–Crippen LogP) is 1.07. The molecule has 2 heterocycles. The maximum Gasteiger partial charge on any atom is 0.332 e. The number of likely N-dealkylation sites (N-methyl/N-ethyl adjacent to an activating group) is 2. The van der Waals surface area contributed by atoms with Gasteiger partial charge in [0.15, 0.2) is 12.3 Å². The van der Waals surface area contributed by atoms with Crippen molar-refractivity contribution in [3.05, 3.63) is 0 Å². The van der Waals surface area contributed by atoms with E-state index in [1.54, 1.807) is 30.1 Å². The molecular weight excluding hydrogens is 414 g/mol. The third kappa shape index (κ3) is 1.12. The van der Waals surface area contributed by atoms with Gasteiger partial charge in [-0.25, -0.2) is 15.8 Å². The van der Waals surface area contributed by atoms with Crippen molar-refractivity contribution in [2.45, 2.75) is 12.3 Å². The molecule has 6 nitrogen and oxygen atoms in total. The first-order chi connectivity index (χ1) is 6.46. The van der Waals surface area contributed by atoms with Gasteiger partial charge in [0.2, 0.25) is 0 Å². The number of fused-ring (bicyclic) bond motifs is 1. The number of nitrogens with zero attached hydrogens (tertiary/aromatic N) is 4. The summed E-state index contributed by atoms with van der Waals surface area (Å²) < 4.78 is 3.10. The molecule has 0 aromatic heterocycles. The zero-order valence-corrected chi connectivity index (χ0v) is 11.8. The van der Waals surface area contributed by atoms with Gasteiger partial charge in [-0.1, -0.05) is 0 Å². The van der Waals surface area contributed by atoms with E-state index in [1.165, 1.54) is 0 Å². The largest absolute Gasteiger partial charge is 0.332 e. The van der Waals surface area contributed by atoms with Crippen molar-refractivity contribution in [3.63, 3.8) is 0 Å². The molecule has 0 unspecified atom stereocenters. The first kappa shape index (κ1) is 10.5. The number of hydrogen-bond acceptors (Lipinski definition) is 2. The van der Waals surface area contributed by atoms with Crippen molar-refractivity contribution in [2.24, 2.45) is 0 Å². The van der Waals surface area contributed by atoms with Gasteiger partial charge in [-0.15, -0.1) is 0 Å². The van der Waals surface area contributed by atoms with E-state index in [0.717, 1.165) is 0 Å². The molecule has 0 bridgehead atoms. The standard InChI is InChI=1S/C6H8I2N4O2/c1-9-3-4(11(7)5(9)13)12(8)6(14)10(3)2/h3-4H,1-2H3. The van der Waals surface area contributed by atoms with Gasteiger partial charge in [0.05, 0.1) is 45.7 Å². The van der Waals surface area contributed by atoms with E-state index in [9.17, 15) is 9.59 Å². The van der Waals surface area contributed by atoms with Crippen LogP contribution in [0.4, 0.5) is 9.59 Å². The van der Waals surface area contributed by atoms with Gasteiger partial charge in [0.1, 0.15) is 0 Å². The van der Waals surface area contributed by atoms with E-state index in [-0.39, 0.29) is 24.4 Å². The van der Waals surface area contributed by atoms with Gasteiger partial charge in [-0.3, -0.25) is 0 Å². The summed E-state index contributed by atoms with van der Waals surface area (Å²) in [4.78, 5) is 26.3. The number of carbonyl (C=O) groups excluding carboxylic acids is 2. The summed E-state index contributed by atoms with van der Waals surface area (Å²) >= 11 is 3.88. The Bertz CT molecular complexity index is 258. The summed E-state index contributed by atoms with van der Waals surface area (Å²) in [6, 6.07) is -0.136. The highest BCUT2D eigenvalue weighted by Crippen LogP contribution is 2.36. The molecule has 8 heteroatoms. The minimum atomic E-state index is -0.189. The molecule has 4 amide bonds. The molecule has 78 valence electrons. The lowest BCUT2D eigenvalue weighted by molar-refractivity contribution is 0.161. The van der Waals surface area contributed by atoms with Crippen LogP contribution in [0.3, 0.4) is 0 Å². The molecule has 0 radical (unpaired) electrons. The number of hydrogen-bond donors (Lipinski definition) is 0. The molecule has 2 fully saturated rings. The number of carbonyl (C=O) groups is 2. The molecular formula is C6H8I2N4O2. The fraction of sp³-hybridized carbons (Fsp3) is 0.667. The number of rotatable bonds is 0. The van der Waals surface area contributed by atoms with Gasteiger partial charge in [0, 0.05) is 14.1 Å². The maximum absolute atomic E-state index is 11.6. The minimum Gasteiger partial charge on any atom is -0.302 e. The van der Waals surface area contributed by atoms with Crippen molar-refractivity contribution in [3.8, 4) is 0 Å². The molecule has 0 aliphatic carbocycles. The lowest BCUT2D eigenvalue weighted by Crippen LogP contribution is -2.42. The second-order valence-corrected chi connectivity index (χ2v) is 5.32. The van der Waals surface area contributed by atoms with Crippen LogP contribution in [0.5, 0.6) is 0 Å². The summed E-state index contributed by atoms with van der Waals surface area (Å²) in [7, 11) is 3.41. The topological polar surface area (TPSA) is 47.1 Å². The Hall–Kier alpha value is 0. The van der Waals surface area contributed by atoms with E-state index >= 15 is 0 Å². The highest BCUT2D eigenvalue weighted by atomic mass is 127. The van der Waals surface area contributed by atoms with Crippen molar-refractivity contribution in [2.75, 3.05) is 14.1 Å². The van der Waals surface area contributed by atoms with E-state index in [1.807, 2.05) is 45.7 Å². The predicted molar refractivity (Wildman–Crippen MR) is 65.6 cm³/mol. The van der Waals surface area contributed by atoms with E-state index < -0.39 is 0 Å². The van der Waals surface area contributed by atoms with Crippen LogP contribution in [0.2, 0.25) is 0 Å². The highest BCUT2D eigenvalue weighted by molar-refractivity contribution is 14.1. The van der Waals surface area contributed by atoms with Gasteiger partial charge >= 0.3 is 12.1 Å². The average Bonchev–Trinajstić information content (AvgIpc) is 2.51. The summed E-state index contributed by atoms with van der Waals surface area (Å²) in [5.41, 5.74) is 0. The van der Waals surface area contributed by atoms with Crippen LogP contribution in [-0.2, 0) is 0 Å². The van der Waals surface area contributed by atoms with Crippen LogP contribution < -0.4 is 0 Å². The first-order valence-corrected chi connectivity index (χ1v) is 5.83. The molecule has 14 heavy (non-hydrogen) atoms. The average molecular weight is 422 g/mol. The number of urea groups is 2. The zero-order chi connectivity index (χ0) is 10.6. The Kier molecular flexibility index (Phi) is 2.44. The van der Waals surface area contributed by atoms with Crippen molar-refractivity contribution in [1.82, 2.24) is 16.0 Å². The maximum atomic E-state index is 11.6. The quantitative estimate of drug-likeness (QED) is 0.434. The molecule has 2 aliphatic rings. The van der Waals surface area contributed by atoms with Gasteiger partial charge in [-0.05, 0) is 0 Å². The Morgan fingerprint density at radius 2 is 1.29 bits per heavy atom. The first-order valence-electron chi connectivity index (χ1n) is 3.90. The van der Waals surface area contributed by atoms with Crippen LogP contribution in [-0.4, -0.2) is 54.5 Å². The SMILES string of the molecule is CN1C(=O)N(I)C2C1N(C)C(=O)N2I. The summed E-state index contributed by atoms with van der Waals surface area (Å²) in [5, 5.41) is 0. The van der Waals surface area contributed by atoms with E-state index in [0.29, 0.717) is 0 Å². The lowest BCUT2D eigenvalue weighted by atomic mass is 10.4. The van der Waals surface area contributed by atoms with Crippen molar-refractivity contribution >= 4 is 57.8 Å². The van der Waals surface area contributed by atoms with Gasteiger partial charge in [-0.2, -0.15) is 0 Å². The number of halogens is 2. The molecule has 0 N–H and O–H groups in total. The minimum absolute atomic E-state index is 0.0679. The second-order valence-electron chi connectivity index (χ2n) is 3.24. The molecule has 2 saturated heterocycles. The monoisotopic (exact) mass is 422 g/mol. The Labute approximate surface area is 109 Å². The summed E-state index contributed by atoms with van der Waals surface area (Å²) in [6.07, 6.45) is -0.366. The summed E-state index contributed by atoms with van der Waals surface area (Å²) in [6.45, 7) is 0. The van der Waals surface area contributed by atoms with E-state index in [4.69, 9.17) is 0 Å². The van der Waals surface area contributed by atoms with Crippen LogP contribution in [0.1, 0.15) is 0 Å². The Morgan fingerprint density at radius 1 is 0.929 bits per heavy atom. The van der Waals surface area contributed by atoms with E-state index in [2.05, 4.69) is 0 Å². The van der Waals surface area contributed by atoms with Crippen LogP contribution in [0.25, 0.3) is 0 Å².